The molecule has 0 heterocycles. The van der Waals surface area contributed by atoms with E-state index in [1.54, 1.807) is 5.56 Å². The molecule has 1 atom stereocenters. The number of hydrogen-bond donors (Lipinski definition) is 0. The van der Waals surface area contributed by atoms with Gasteiger partial charge in [0.05, 0.1) is 0 Å². The van der Waals surface area contributed by atoms with Crippen LogP contribution in [0.4, 0.5) is 0 Å². The molecule has 0 nitrogen and oxygen atoms in total. The van der Waals surface area contributed by atoms with Crippen molar-refractivity contribution in [3.63, 3.8) is 0 Å². The van der Waals surface area contributed by atoms with E-state index < -0.39 is 0 Å². The maximum Gasteiger partial charge on any atom is 0.00355 e. The van der Waals surface area contributed by atoms with Crippen LogP contribution in [0.5, 0.6) is 0 Å². The second-order valence-corrected chi connectivity index (χ2v) is 8.17. The first-order valence-corrected chi connectivity index (χ1v) is 7.08. The van der Waals surface area contributed by atoms with Gasteiger partial charge in [-0.1, -0.05) is 79.7 Å². The Balaban J connectivity index is 2.84. The Morgan fingerprint density at radius 1 is 0.778 bits per heavy atom. The predicted molar refractivity (Wildman–Crippen MR) is 80.1 cm³/mol. The fraction of sp³-hybridized carbons (Fsp3) is 0.667. The van der Waals surface area contributed by atoms with Crippen LogP contribution < -0.4 is 0 Å². The van der Waals surface area contributed by atoms with Crippen LogP contribution >= 0.6 is 0 Å². The fourth-order valence-electron chi connectivity index (χ4n) is 4.10. The van der Waals surface area contributed by atoms with Gasteiger partial charge in [0, 0.05) is 5.41 Å². The predicted octanol–water partition coefficient (Wildman–Crippen LogP) is 5.31. The van der Waals surface area contributed by atoms with Gasteiger partial charge in [-0.2, -0.15) is 0 Å². The summed E-state index contributed by atoms with van der Waals surface area (Å²) < 4.78 is 0. The molecule has 0 N–H and O–H groups in total. The minimum Gasteiger partial charge on any atom is -0.0620 e. The fourth-order valence-corrected chi connectivity index (χ4v) is 4.10. The molecule has 0 aliphatic heterocycles. The third kappa shape index (κ3) is 1.27. The molecule has 0 unspecified atom stereocenters. The van der Waals surface area contributed by atoms with Crippen LogP contribution in [0.1, 0.15) is 66.5 Å². The van der Waals surface area contributed by atoms with Gasteiger partial charge in [0.1, 0.15) is 0 Å². The molecule has 1 aromatic carbocycles. The molecule has 1 aromatic rings. The van der Waals surface area contributed by atoms with Crippen molar-refractivity contribution in [2.24, 2.45) is 10.8 Å². The number of hydrogen-bond acceptors (Lipinski definition) is 0. The maximum absolute atomic E-state index is 2.46. The lowest BCUT2D eigenvalue weighted by molar-refractivity contribution is 0.0242. The molecule has 0 bridgehead atoms. The van der Waals surface area contributed by atoms with Crippen LogP contribution in [-0.2, 0) is 10.8 Å². The van der Waals surface area contributed by atoms with Crippen LogP contribution in [0.25, 0.3) is 0 Å². The molecule has 1 aliphatic carbocycles. The smallest absolute Gasteiger partial charge is 0.00355 e. The monoisotopic (exact) mass is 244 g/mol. The lowest BCUT2D eigenvalue weighted by Gasteiger charge is -2.53. The minimum atomic E-state index is 0.195. The molecule has 2 rings (SSSR count). The highest BCUT2D eigenvalue weighted by Gasteiger charge is 2.62. The molecule has 100 valence electrons. The standard InChI is InChI=1S/C18H28/c1-15(2,3)18(8)14-12-10-9-11-13(14)16(4,5)17(18,6)7/h9-12H,1-8H3/t18-/m1/s1. The van der Waals surface area contributed by atoms with Gasteiger partial charge in [-0.15, -0.1) is 0 Å². The second kappa shape index (κ2) is 3.40. The van der Waals surface area contributed by atoms with Crippen LogP contribution in [0.3, 0.4) is 0 Å². The zero-order chi connectivity index (χ0) is 14.0. The van der Waals surface area contributed by atoms with Crippen molar-refractivity contribution in [2.45, 2.75) is 66.2 Å². The Bertz CT molecular complexity index is 471. The highest BCUT2D eigenvalue weighted by Crippen LogP contribution is 2.66. The van der Waals surface area contributed by atoms with E-state index >= 15 is 0 Å². The summed E-state index contributed by atoms with van der Waals surface area (Å²) in [6, 6.07) is 9.05. The molecule has 1 aliphatic rings. The lowest BCUT2D eigenvalue weighted by Crippen LogP contribution is -2.51. The normalized spacial score (nSPS) is 29.1. The summed E-state index contributed by atoms with van der Waals surface area (Å²) in [5.41, 5.74) is 3.98. The van der Waals surface area contributed by atoms with Gasteiger partial charge < -0.3 is 0 Å². The van der Waals surface area contributed by atoms with Crippen LogP contribution in [0, 0.1) is 10.8 Å². The summed E-state index contributed by atoms with van der Waals surface area (Å²) >= 11 is 0. The average molecular weight is 244 g/mol. The van der Waals surface area contributed by atoms with Gasteiger partial charge in [-0.3, -0.25) is 0 Å². The SMILES string of the molecule is CC1(C)c2ccccc2[C@](C)(C(C)(C)C)C1(C)C. The quantitative estimate of drug-likeness (QED) is 0.580. The van der Waals surface area contributed by atoms with E-state index in [1.165, 1.54) is 5.56 Å². The zero-order valence-electron chi connectivity index (χ0n) is 13.3. The average Bonchev–Trinajstić information content (AvgIpc) is 2.36. The van der Waals surface area contributed by atoms with Gasteiger partial charge in [0.2, 0.25) is 0 Å². The van der Waals surface area contributed by atoms with Crippen molar-refractivity contribution in [1.29, 1.82) is 0 Å². The molecule has 0 saturated heterocycles. The molecule has 0 fully saturated rings. The van der Waals surface area contributed by atoms with Crippen molar-refractivity contribution in [2.75, 3.05) is 0 Å². The Kier molecular flexibility index (Phi) is 2.58. The van der Waals surface area contributed by atoms with E-state index in [9.17, 15) is 0 Å². The highest BCUT2D eigenvalue weighted by atomic mass is 14.7. The van der Waals surface area contributed by atoms with Gasteiger partial charge in [-0.25, -0.2) is 0 Å². The minimum absolute atomic E-state index is 0.195. The van der Waals surface area contributed by atoms with E-state index in [1.807, 2.05) is 0 Å². The zero-order valence-corrected chi connectivity index (χ0v) is 13.3. The molecule has 0 radical (unpaired) electrons. The van der Waals surface area contributed by atoms with Crippen molar-refractivity contribution in [3.05, 3.63) is 35.4 Å². The lowest BCUT2D eigenvalue weighted by atomic mass is 9.50. The molecular formula is C18H28. The van der Waals surface area contributed by atoms with Crippen molar-refractivity contribution >= 4 is 0 Å². The summed E-state index contributed by atoms with van der Waals surface area (Å²) in [5, 5.41) is 0. The molecular weight excluding hydrogens is 216 g/mol. The summed E-state index contributed by atoms with van der Waals surface area (Å²) in [7, 11) is 0. The van der Waals surface area contributed by atoms with Crippen molar-refractivity contribution in [3.8, 4) is 0 Å². The first kappa shape index (κ1) is 13.6. The van der Waals surface area contributed by atoms with Crippen molar-refractivity contribution < 1.29 is 0 Å². The molecule has 0 aromatic heterocycles. The molecule has 0 amide bonds. The largest absolute Gasteiger partial charge is 0.0620 e. The van der Waals surface area contributed by atoms with E-state index in [0.717, 1.165) is 0 Å². The third-order valence-electron chi connectivity index (χ3n) is 6.45. The maximum atomic E-state index is 2.46. The first-order chi connectivity index (χ1) is 7.98. The van der Waals surface area contributed by atoms with E-state index in [4.69, 9.17) is 0 Å². The highest BCUT2D eigenvalue weighted by molar-refractivity contribution is 5.50. The summed E-state index contributed by atoms with van der Waals surface area (Å²) in [4.78, 5) is 0. The topological polar surface area (TPSA) is 0 Å². The Morgan fingerprint density at radius 3 is 1.67 bits per heavy atom. The second-order valence-electron chi connectivity index (χ2n) is 8.17. The number of rotatable bonds is 0. The Hall–Kier alpha value is -0.780. The first-order valence-electron chi connectivity index (χ1n) is 7.08. The molecule has 0 spiro atoms. The van der Waals surface area contributed by atoms with Crippen LogP contribution in [0.15, 0.2) is 24.3 Å². The summed E-state index contributed by atoms with van der Waals surface area (Å²) in [6.45, 7) is 19.3. The van der Waals surface area contributed by atoms with E-state index in [-0.39, 0.29) is 21.7 Å². The van der Waals surface area contributed by atoms with Gasteiger partial charge in [0.25, 0.3) is 0 Å². The van der Waals surface area contributed by atoms with Crippen LogP contribution in [0.2, 0.25) is 0 Å². The number of benzene rings is 1. The van der Waals surface area contributed by atoms with Gasteiger partial charge >= 0.3 is 0 Å². The Labute approximate surface area is 113 Å². The summed E-state index contributed by atoms with van der Waals surface area (Å²) in [6.07, 6.45) is 0. The van der Waals surface area contributed by atoms with E-state index in [0.29, 0.717) is 0 Å². The summed E-state index contributed by atoms with van der Waals surface area (Å²) in [5.74, 6) is 0. The third-order valence-corrected chi connectivity index (χ3v) is 6.45. The van der Waals surface area contributed by atoms with Crippen molar-refractivity contribution in [1.82, 2.24) is 0 Å². The number of fused-ring (bicyclic) bond motifs is 1. The van der Waals surface area contributed by atoms with Gasteiger partial charge in [-0.05, 0) is 27.4 Å². The van der Waals surface area contributed by atoms with Gasteiger partial charge in [0.15, 0.2) is 0 Å². The van der Waals surface area contributed by atoms with E-state index in [2.05, 4.69) is 79.7 Å². The molecule has 18 heavy (non-hydrogen) atoms. The Morgan fingerprint density at radius 2 is 1.22 bits per heavy atom. The molecule has 0 heteroatoms. The van der Waals surface area contributed by atoms with Crippen LogP contribution in [-0.4, -0.2) is 0 Å². The molecule has 0 saturated carbocycles.